The molecule has 0 atom stereocenters. The third-order valence-electron chi connectivity index (χ3n) is 5.28. The molecule has 0 saturated carbocycles. The molecule has 0 radical (unpaired) electrons. The van der Waals surface area contributed by atoms with Gasteiger partial charge in [0.1, 0.15) is 5.75 Å². The molecule has 2 aromatic rings. The first-order valence-corrected chi connectivity index (χ1v) is 11.4. The summed E-state index contributed by atoms with van der Waals surface area (Å²) in [6.07, 6.45) is 4.38. The zero-order valence-corrected chi connectivity index (χ0v) is 19.2. The Balaban J connectivity index is 1.67. The van der Waals surface area contributed by atoms with Gasteiger partial charge in [0.2, 0.25) is 0 Å². The van der Waals surface area contributed by atoms with Gasteiger partial charge in [-0.15, -0.1) is 0 Å². The SMILES string of the molecule is CC(C)c1cc(Br)ccc1OCC(=O)Nc1ccccc1C(=O)N1CCCCCC1. The third kappa shape index (κ3) is 5.85. The van der Waals surface area contributed by atoms with Gasteiger partial charge in [0.05, 0.1) is 11.3 Å². The summed E-state index contributed by atoms with van der Waals surface area (Å²) in [5, 5.41) is 2.86. The van der Waals surface area contributed by atoms with E-state index in [2.05, 4.69) is 35.1 Å². The number of carbonyl (C=O) groups excluding carboxylic acids is 2. The van der Waals surface area contributed by atoms with Gasteiger partial charge in [-0.2, -0.15) is 0 Å². The lowest BCUT2D eigenvalue weighted by Crippen LogP contribution is -2.33. The average molecular weight is 473 g/mol. The number of hydrogen-bond donors (Lipinski definition) is 1. The predicted octanol–water partition coefficient (Wildman–Crippen LogP) is 5.61. The Kier molecular flexibility index (Phi) is 7.91. The molecule has 1 aliphatic heterocycles. The van der Waals surface area contributed by atoms with Crippen LogP contribution in [0, 0.1) is 0 Å². The molecule has 160 valence electrons. The lowest BCUT2D eigenvalue weighted by molar-refractivity contribution is -0.118. The lowest BCUT2D eigenvalue weighted by Gasteiger charge is -2.22. The van der Waals surface area contributed by atoms with Gasteiger partial charge in [0, 0.05) is 17.6 Å². The number of nitrogens with one attached hydrogen (secondary N) is 1. The number of benzene rings is 2. The maximum Gasteiger partial charge on any atom is 0.262 e. The highest BCUT2D eigenvalue weighted by Gasteiger charge is 2.21. The van der Waals surface area contributed by atoms with Crippen molar-refractivity contribution in [2.24, 2.45) is 0 Å². The van der Waals surface area contributed by atoms with E-state index in [0.29, 0.717) is 17.0 Å². The molecular formula is C24H29BrN2O3. The largest absolute Gasteiger partial charge is 0.483 e. The van der Waals surface area contributed by atoms with E-state index in [0.717, 1.165) is 48.8 Å². The molecule has 2 aromatic carbocycles. The van der Waals surface area contributed by atoms with Crippen molar-refractivity contribution in [3.05, 3.63) is 58.1 Å². The Bertz CT molecular complexity index is 890. The molecule has 0 aromatic heterocycles. The molecule has 1 saturated heterocycles. The summed E-state index contributed by atoms with van der Waals surface area (Å²) in [5.41, 5.74) is 2.09. The van der Waals surface area contributed by atoms with E-state index in [9.17, 15) is 9.59 Å². The minimum Gasteiger partial charge on any atom is -0.483 e. The molecular weight excluding hydrogens is 444 g/mol. The van der Waals surface area contributed by atoms with Gasteiger partial charge in [0.15, 0.2) is 6.61 Å². The number of anilines is 1. The summed E-state index contributed by atoms with van der Waals surface area (Å²) in [4.78, 5) is 27.5. The number of carbonyl (C=O) groups is 2. The second kappa shape index (κ2) is 10.6. The predicted molar refractivity (Wildman–Crippen MR) is 123 cm³/mol. The van der Waals surface area contributed by atoms with Crippen molar-refractivity contribution in [2.75, 3.05) is 25.0 Å². The van der Waals surface area contributed by atoms with Crippen molar-refractivity contribution in [1.82, 2.24) is 4.90 Å². The number of hydrogen-bond acceptors (Lipinski definition) is 3. The fourth-order valence-corrected chi connectivity index (χ4v) is 4.03. The van der Waals surface area contributed by atoms with Gasteiger partial charge >= 0.3 is 0 Å². The van der Waals surface area contributed by atoms with Crippen LogP contribution in [0.4, 0.5) is 5.69 Å². The molecule has 2 amide bonds. The summed E-state index contributed by atoms with van der Waals surface area (Å²) in [6.45, 7) is 5.59. The molecule has 1 N–H and O–H groups in total. The smallest absolute Gasteiger partial charge is 0.262 e. The number of rotatable bonds is 6. The highest BCUT2D eigenvalue weighted by Crippen LogP contribution is 2.29. The van der Waals surface area contributed by atoms with Gasteiger partial charge in [-0.3, -0.25) is 9.59 Å². The Morgan fingerprint density at radius 3 is 2.47 bits per heavy atom. The Morgan fingerprint density at radius 2 is 1.77 bits per heavy atom. The summed E-state index contributed by atoms with van der Waals surface area (Å²) in [6, 6.07) is 13.0. The van der Waals surface area contributed by atoms with E-state index in [-0.39, 0.29) is 24.3 Å². The van der Waals surface area contributed by atoms with Crippen molar-refractivity contribution >= 4 is 33.4 Å². The number of halogens is 1. The van der Waals surface area contributed by atoms with Crippen LogP contribution in [0.3, 0.4) is 0 Å². The summed E-state index contributed by atoms with van der Waals surface area (Å²) < 4.78 is 6.77. The molecule has 6 heteroatoms. The van der Waals surface area contributed by atoms with Crippen LogP contribution in [-0.4, -0.2) is 36.4 Å². The van der Waals surface area contributed by atoms with Gasteiger partial charge < -0.3 is 15.0 Å². The molecule has 5 nitrogen and oxygen atoms in total. The lowest BCUT2D eigenvalue weighted by atomic mass is 10.0. The van der Waals surface area contributed by atoms with E-state index < -0.39 is 0 Å². The number of ether oxygens (including phenoxy) is 1. The molecule has 3 rings (SSSR count). The normalized spacial score (nSPS) is 14.3. The molecule has 1 fully saturated rings. The fourth-order valence-electron chi connectivity index (χ4n) is 3.65. The van der Waals surface area contributed by atoms with Crippen LogP contribution in [-0.2, 0) is 4.79 Å². The summed E-state index contributed by atoms with van der Waals surface area (Å²) in [7, 11) is 0. The molecule has 0 bridgehead atoms. The maximum atomic E-state index is 13.0. The van der Waals surface area contributed by atoms with Crippen LogP contribution in [0.25, 0.3) is 0 Å². The number of amides is 2. The monoisotopic (exact) mass is 472 g/mol. The molecule has 0 spiro atoms. The van der Waals surface area contributed by atoms with Crippen molar-refractivity contribution in [3.63, 3.8) is 0 Å². The Labute approximate surface area is 186 Å². The highest BCUT2D eigenvalue weighted by atomic mass is 79.9. The van der Waals surface area contributed by atoms with Gasteiger partial charge in [0.25, 0.3) is 11.8 Å². The van der Waals surface area contributed by atoms with Crippen LogP contribution >= 0.6 is 15.9 Å². The Morgan fingerprint density at radius 1 is 1.07 bits per heavy atom. The second-order valence-electron chi connectivity index (χ2n) is 7.93. The molecule has 0 unspecified atom stereocenters. The summed E-state index contributed by atoms with van der Waals surface area (Å²) >= 11 is 3.48. The number of nitrogens with zero attached hydrogens (tertiary/aromatic N) is 1. The van der Waals surface area contributed by atoms with Gasteiger partial charge in [-0.25, -0.2) is 0 Å². The van der Waals surface area contributed by atoms with Crippen molar-refractivity contribution in [2.45, 2.75) is 45.4 Å². The molecule has 30 heavy (non-hydrogen) atoms. The van der Waals surface area contributed by atoms with E-state index in [1.807, 2.05) is 35.2 Å². The fraction of sp³-hybridized carbons (Fsp3) is 0.417. The minimum atomic E-state index is -0.288. The van der Waals surface area contributed by atoms with Crippen molar-refractivity contribution in [3.8, 4) is 5.75 Å². The van der Waals surface area contributed by atoms with Crippen molar-refractivity contribution in [1.29, 1.82) is 0 Å². The minimum absolute atomic E-state index is 0.0243. The molecule has 0 aliphatic carbocycles. The second-order valence-corrected chi connectivity index (χ2v) is 8.84. The highest BCUT2D eigenvalue weighted by molar-refractivity contribution is 9.10. The number of para-hydroxylation sites is 1. The standard InChI is InChI=1S/C24H29BrN2O3/c1-17(2)20-15-18(25)11-12-22(20)30-16-23(28)26-21-10-6-5-9-19(21)24(29)27-13-7-3-4-8-14-27/h5-6,9-12,15,17H,3-4,7-8,13-14,16H2,1-2H3,(H,26,28). The van der Waals surface area contributed by atoms with Crippen LogP contribution in [0.1, 0.15) is 61.4 Å². The van der Waals surface area contributed by atoms with Crippen LogP contribution in [0.2, 0.25) is 0 Å². The number of likely N-dealkylation sites (tertiary alicyclic amines) is 1. The Hall–Kier alpha value is -2.34. The zero-order valence-electron chi connectivity index (χ0n) is 17.6. The first-order chi connectivity index (χ1) is 14.5. The third-order valence-corrected chi connectivity index (χ3v) is 5.77. The van der Waals surface area contributed by atoms with Crippen LogP contribution in [0.15, 0.2) is 46.9 Å². The van der Waals surface area contributed by atoms with Gasteiger partial charge in [-0.1, -0.05) is 54.8 Å². The first kappa shape index (κ1) is 22.3. The first-order valence-electron chi connectivity index (χ1n) is 10.6. The van der Waals surface area contributed by atoms with Gasteiger partial charge in [-0.05, 0) is 54.7 Å². The quantitative estimate of drug-likeness (QED) is 0.594. The van der Waals surface area contributed by atoms with E-state index in [4.69, 9.17) is 4.74 Å². The summed E-state index contributed by atoms with van der Waals surface area (Å²) in [5.74, 6) is 0.650. The molecule has 1 heterocycles. The van der Waals surface area contributed by atoms with Crippen molar-refractivity contribution < 1.29 is 14.3 Å². The van der Waals surface area contributed by atoms with E-state index in [1.165, 1.54) is 0 Å². The van der Waals surface area contributed by atoms with Crippen LogP contribution in [0.5, 0.6) is 5.75 Å². The van der Waals surface area contributed by atoms with E-state index in [1.54, 1.807) is 12.1 Å². The average Bonchev–Trinajstić information content (AvgIpc) is 3.02. The van der Waals surface area contributed by atoms with Crippen LogP contribution < -0.4 is 10.1 Å². The maximum absolute atomic E-state index is 13.0. The van der Waals surface area contributed by atoms with E-state index >= 15 is 0 Å². The molecule has 1 aliphatic rings. The topological polar surface area (TPSA) is 58.6 Å². The zero-order chi connectivity index (χ0) is 21.5.